The summed E-state index contributed by atoms with van der Waals surface area (Å²) in [5, 5.41) is 0. The largest absolute Gasteiger partial charge is 0.500 e. The van der Waals surface area contributed by atoms with E-state index in [1.54, 1.807) is 20.8 Å². The van der Waals surface area contributed by atoms with Crippen LogP contribution in [0.3, 0.4) is 0 Å². The molecule has 1 atom stereocenters. The Morgan fingerprint density at radius 2 is 1.81 bits per heavy atom. The minimum absolute atomic E-state index is 0.361. The van der Waals surface area contributed by atoms with E-state index in [2.05, 4.69) is 0 Å². The number of allylic oxidation sites excluding steroid dienone is 2. The third kappa shape index (κ3) is 1.58. The lowest BCUT2D eigenvalue weighted by atomic mass is 9.69. The summed E-state index contributed by atoms with van der Waals surface area (Å²) in [6.45, 7) is 6.19. The summed E-state index contributed by atoms with van der Waals surface area (Å²) in [4.78, 5) is 35.3. The Balaban J connectivity index is 3.42. The first-order valence-corrected chi connectivity index (χ1v) is 5.09. The average Bonchev–Trinajstić information content (AvgIpc) is 2.15. The van der Waals surface area contributed by atoms with Crippen LogP contribution in [0.1, 0.15) is 27.7 Å². The molecule has 1 rings (SSSR count). The minimum Gasteiger partial charge on any atom is -0.500 e. The van der Waals surface area contributed by atoms with Crippen molar-refractivity contribution in [1.29, 1.82) is 0 Å². The molecule has 4 nitrogen and oxygen atoms in total. The molecule has 16 heavy (non-hydrogen) atoms. The molecule has 88 valence electrons. The van der Waals surface area contributed by atoms with Crippen molar-refractivity contribution in [3.05, 3.63) is 11.3 Å². The highest BCUT2D eigenvalue weighted by atomic mass is 16.5. The van der Waals surface area contributed by atoms with Gasteiger partial charge in [-0.3, -0.25) is 14.4 Å². The molecule has 0 bridgehead atoms. The van der Waals surface area contributed by atoms with E-state index in [0.29, 0.717) is 11.3 Å². The number of carbonyl (C=O) groups excluding carboxylic acids is 3. The lowest BCUT2D eigenvalue weighted by molar-refractivity contribution is -0.143. The molecular weight excluding hydrogens is 208 g/mol. The first-order chi connectivity index (χ1) is 7.25. The summed E-state index contributed by atoms with van der Waals surface area (Å²) in [6.07, 6.45) is 0. The number of ketones is 3. The van der Waals surface area contributed by atoms with Gasteiger partial charge in [0.25, 0.3) is 0 Å². The molecule has 0 saturated carbocycles. The van der Waals surface area contributed by atoms with Crippen LogP contribution in [0.2, 0.25) is 0 Å². The predicted octanol–water partition coefficient (Wildman–Crippen LogP) is 1.29. The summed E-state index contributed by atoms with van der Waals surface area (Å²) in [6, 6.07) is 0. The van der Waals surface area contributed by atoms with Crippen LogP contribution in [0, 0.1) is 11.3 Å². The van der Waals surface area contributed by atoms with Gasteiger partial charge in [-0.2, -0.15) is 0 Å². The number of methoxy groups -OCH3 is 1. The molecule has 0 radical (unpaired) electrons. The normalized spacial score (nSPS) is 24.7. The zero-order valence-corrected chi connectivity index (χ0v) is 10.2. The molecule has 0 fully saturated rings. The predicted molar refractivity (Wildman–Crippen MR) is 57.7 cm³/mol. The molecule has 0 aromatic rings. The lowest BCUT2D eigenvalue weighted by Gasteiger charge is -2.34. The van der Waals surface area contributed by atoms with Crippen molar-refractivity contribution >= 4 is 17.3 Å². The van der Waals surface area contributed by atoms with Gasteiger partial charge in [0.1, 0.15) is 17.5 Å². The second kappa shape index (κ2) is 3.85. The number of hydrogen-bond acceptors (Lipinski definition) is 4. The van der Waals surface area contributed by atoms with Gasteiger partial charge < -0.3 is 4.74 Å². The van der Waals surface area contributed by atoms with Gasteiger partial charge in [-0.1, -0.05) is 0 Å². The van der Waals surface area contributed by atoms with Gasteiger partial charge in [0.05, 0.1) is 12.5 Å². The Morgan fingerprint density at radius 3 is 2.19 bits per heavy atom. The number of ether oxygens (including phenoxy) is 1. The van der Waals surface area contributed by atoms with E-state index < -0.39 is 22.9 Å². The van der Waals surface area contributed by atoms with E-state index in [1.807, 2.05) is 0 Å². The SMILES string of the molecule is COC1=C(C)C(=O)C(C(C)=O)C(=O)C1(C)C. The van der Waals surface area contributed by atoms with Crippen LogP contribution in [0.25, 0.3) is 0 Å². The topological polar surface area (TPSA) is 60.4 Å². The quantitative estimate of drug-likeness (QED) is 0.663. The highest BCUT2D eigenvalue weighted by molar-refractivity contribution is 6.27. The number of carbonyl (C=O) groups is 3. The van der Waals surface area contributed by atoms with E-state index in [1.165, 1.54) is 14.0 Å². The first-order valence-electron chi connectivity index (χ1n) is 5.09. The van der Waals surface area contributed by atoms with Crippen LogP contribution in [-0.2, 0) is 19.1 Å². The van der Waals surface area contributed by atoms with Crippen LogP contribution >= 0.6 is 0 Å². The maximum absolute atomic E-state index is 12.1. The van der Waals surface area contributed by atoms with Crippen LogP contribution < -0.4 is 0 Å². The van der Waals surface area contributed by atoms with Crippen LogP contribution in [-0.4, -0.2) is 24.5 Å². The third-order valence-electron chi connectivity index (χ3n) is 3.03. The van der Waals surface area contributed by atoms with E-state index >= 15 is 0 Å². The van der Waals surface area contributed by atoms with Gasteiger partial charge in [0.2, 0.25) is 0 Å². The highest BCUT2D eigenvalue weighted by Crippen LogP contribution is 2.39. The van der Waals surface area contributed by atoms with Crippen molar-refractivity contribution < 1.29 is 19.1 Å². The fourth-order valence-corrected chi connectivity index (χ4v) is 2.17. The molecule has 0 spiro atoms. The fourth-order valence-electron chi connectivity index (χ4n) is 2.17. The van der Waals surface area contributed by atoms with Gasteiger partial charge >= 0.3 is 0 Å². The van der Waals surface area contributed by atoms with Crippen LogP contribution in [0.5, 0.6) is 0 Å². The van der Waals surface area contributed by atoms with Gasteiger partial charge in [-0.25, -0.2) is 0 Å². The molecular formula is C12H16O4. The number of Topliss-reactive ketones (excluding diaryl/α,β-unsaturated/α-hetero) is 3. The molecule has 1 unspecified atom stereocenters. The molecule has 0 amide bonds. The number of rotatable bonds is 2. The van der Waals surface area contributed by atoms with E-state index in [4.69, 9.17) is 4.74 Å². The Morgan fingerprint density at radius 1 is 1.31 bits per heavy atom. The fraction of sp³-hybridized carbons (Fsp3) is 0.583. The standard InChI is InChI=1S/C12H16O4/c1-6-9(14)8(7(2)13)10(15)12(3,4)11(6)16-5/h8H,1-5H3. The Kier molecular flexibility index (Phi) is 3.03. The minimum atomic E-state index is -1.16. The average molecular weight is 224 g/mol. The van der Waals surface area contributed by atoms with Crippen molar-refractivity contribution in [2.45, 2.75) is 27.7 Å². The second-order valence-corrected chi connectivity index (χ2v) is 4.56. The van der Waals surface area contributed by atoms with Crippen molar-refractivity contribution in [2.75, 3.05) is 7.11 Å². The van der Waals surface area contributed by atoms with Crippen molar-refractivity contribution in [1.82, 2.24) is 0 Å². The zero-order chi connectivity index (χ0) is 12.7. The summed E-state index contributed by atoms with van der Waals surface area (Å²) >= 11 is 0. The summed E-state index contributed by atoms with van der Waals surface area (Å²) in [5.41, 5.74) is -0.546. The molecule has 0 aromatic heterocycles. The maximum atomic E-state index is 12.1. The molecule has 0 heterocycles. The first kappa shape index (κ1) is 12.6. The van der Waals surface area contributed by atoms with Gasteiger partial charge in [0.15, 0.2) is 11.6 Å². The zero-order valence-electron chi connectivity index (χ0n) is 10.2. The van der Waals surface area contributed by atoms with Crippen molar-refractivity contribution in [3.8, 4) is 0 Å². The summed E-state index contributed by atoms with van der Waals surface area (Å²) < 4.78 is 5.11. The maximum Gasteiger partial charge on any atom is 0.179 e. The molecule has 4 heteroatoms. The Hall–Kier alpha value is -1.45. The van der Waals surface area contributed by atoms with Crippen molar-refractivity contribution in [3.63, 3.8) is 0 Å². The monoisotopic (exact) mass is 224 g/mol. The van der Waals surface area contributed by atoms with E-state index in [9.17, 15) is 14.4 Å². The van der Waals surface area contributed by atoms with Crippen LogP contribution in [0.4, 0.5) is 0 Å². The molecule has 0 aliphatic heterocycles. The Bertz CT molecular complexity index is 401. The van der Waals surface area contributed by atoms with Crippen LogP contribution in [0.15, 0.2) is 11.3 Å². The van der Waals surface area contributed by atoms with Gasteiger partial charge in [-0.05, 0) is 27.7 Å². The second-order valence-electron chi connectivity index (χ2n) is 4.56. The lowest BCUT2D eigenvalue weighted by Crippen LogP contribution is -2.46. The van der Waals surface area contributed by atoms with Crippen molar-refractivity contribution in [2.24, 2.45) is 11.3 Å². The Labute approximate surface area is 94.7 Å². The van der Waals surface area contributed by atoms with Gasteiger partial charge in [0, 0.05) is 5.57 Å². The molecule has 1 aliphatic carbocycles. The molecule has 1 aliphatic rings. The van der Waals surface area contributed by atoms with Gasteiger partial charge in [-0.15, -0.1) is 0 Å². The van der Waals surface area contributed by atoms with E-state index in [-0.39, 0.29) is 5.78 Å². The van der Waals surface area contributed by atoms with E-state index in [0.717, 1.165) is 0 Å². The molecule has 0 aromatic carbocycles. The molecule has 0 saturated heterocycles. The summed E-state index contributed by atoms with van der Waals surface area (Å²) in [5.74, 6) is -2.02. The third-order valence-corrected chi connectivity index (χ3v) is 3.03. The highest BCUT2D eigenvalue weighted by Gasteiger charge is 2.49. The summed E-state index contributed by atoms with van der Waals surface area (Å²) in [7, 11) is 1.43. The smallest absolute Gasteiger partial charge is 0.179 e. The number of hydrogen-bond donors (Lipinski definition) is 0. The molecule has 0 N–H and O–H groups in total.